The number of imidazole rings is 1. The van der Waals surface area contributed by atoms with Crippen molar-refractivity contribution >= 4 is 29.6 Å². The van der Waals surface area contributed by atoms with Crippen LogP contribution in [0, 0.1) is 5.92 Å². The molecule has 2 heterocycles. The summed E-state index contributed by atoms with van der Waals surface area (Å²) in [4.78, 5) is 68.3. The molecule has 0 bridgehead atoms. The molecule has 0 radical (unpaired) electrons. The number of amides is 4. The molecule has 1 aliphatic rings. The van der Waals surface area contributed by atoms with Gasteiger partial charge >= 0.3 is 5.97 Å². The monoisotopic (exact) mass is 479 g/mol. The third-order valence-electron chi connectivity index (χ3n) is 5.35. The molecule has 13 heteroatoms. The number of aromatic amines is 1. The molecule has 1 aromatic rings. The van der Waals surface area contributed by atoms with E-state index in [2.05, 4.69) is 31.2 Å². The van der Waals surface area contributed by atoms with Crippen LogP contribution in [0.15, 0.2) is 12.5 Å². The second kappa shape index (κ2) is 12.7. The van der Waals surface area contributed by atoms with E-state index >= 15 is 0 Å². The summed E-state index contributed by atoms with van der Waals surface area (Å²) < 4.78 is 0. The molecule has 0 aliphatic carbocycles. The molecule has 34 heavy (non-hydrogen) atoms. The van der Waals surface area contributed by atoms with Crippen LogP contribution in [0.1, 0.15) is 45.2 Å². The standard InChI is InChI=1S/C21H33N7O6/c1-11(2)6-16(21(33)34)28-19(31)14(7-12-9-23-10-25-12)26-20(32)15(8-17(22)29)27-18(30)13-4-3-5-24-13/h9-11,13-16,24H,3-8H2,1-2H3,(H2,22,29)(H,23,25)(H,26,32)(H,27,30)(H,28,31)(H,33,34). The number of hydrogen-bond acceptors (Lipinski definition) is 7. The Morgan fingerprint density at radius 3 is 2.32 bits per heavy atom. The topological polar surface area (TPSA) is 208 Å². The van der Waals surface area contributed by atoms with Crippen molar-refractivity contribution in [3.8, 4) is 0 Å². The molecule has 1 fully saturated rings. The maximum Gasteiger partial charge on any atom is 0.326 e. The lowest BCUT2D eigenvalue weighted by Gasteiger charge is -2.25. The minimum absolute atomic E-state index is 0.00130. The van der Waals surface area contributed by atoms with Gasteiger partial charge < -0.3 is 37.1 Å². The first-order valence-corrected chi connectivity index (χ1v) is 11.2. The van der Waals surface area contributed by atoms with Crippen molar-refractivity contribution in [2.45, 2.75) is 70.1 Å². The van der Waals surface area contributed by atoms with Crippen LogP contribution >= 0.6 is 0 Å². The largest absolute Gasteiger partial charge is 0.480 e. The van der Waals surface area contributed by atoms with E-state index in [4.69, 9.17) is 5.73 Å². The Kier molecular flexibility index (Phi) is 9.98. The Bertz CT molecular complexity index is 867. The maximum absolute atomic E-state index is 13.0. The van der Waals surface area contributed by atoms with E-state index in [1.807, 2.05) is 13.8 Å². The van der Waals surface area contributed by atoms with E-state index in [9.17, 15) is 29.1 Å². The highest BCUT2D eigenvalue weighted by Crippen LogP contribution is 2.08. The smallest absolute Gasteiger partial charge is 0.326 e. The SMILES string of the molecule is CC(C)CC(NC(=O)C(Cc1cnc[nH]1)NC(=O)C(CC(N)=O)NC(=O)C1CCCN1)C(=O)O. The highest BCUT2D eigenvalue weighted by molar-refractivity contribution is 5.96. The molecule has 1 aromatic heterocycles. The fraction of sp³-hybridized carbons (Fsp3) is 0.619. The Balaban J connectivity index is 2.16. The van der Waals surface area contributed by atoms with E-state index in [1.54, 1.807) is 0 Å². The van der Waals surface area contributed by atoms with Crippen LogP contribution in [-0.4, -0.2) is 75.4 Å². The summed E-state index contributed by atoms with van der Waals surface area (Å²) in [5.41, 5.74) is 5.78. The van der Waals surface area contributed by atoms with Crippen LogP contribution in [0.2, 0.25) is 0 Å². The van der Waals surface area contributed by atoms with Gasteiger partial charge in [-0.25, -0.2) is 9.78 Å². The third-order valence-corrected chi connectivity index (χ3v) is 5.35. The minimum atomic E-state index is -1.30. The first kappa shape index (κ1) is 26.8. The van der Waals surface area contributed by atoms with Crippen molar-refractivity contribution < 1.29 is 29.1 Å². The normalized spacial score (nSPS) is 18.0. The molecule has 0 aromatic carbocycles. The predicted molar refractivity (Wildman–Crippen MR) is 120 cm³/mol. The number of primary amides is 1. The number of nitrogens with two attached hydrogens (primary N) is 1. The van der Waals surface area contributed by atoms with Gasteiger partial charge in [0.2, 0.25) is 23.6 Å². The van der Waals surface area contributed by atoms with Gasteiger partial charge in [-0.3, -0.25) is 19.2 Å². The van der Waals surface area contributed by atoms with E-state index in [1.165, 1.54) is 12.5 Å². The van der Waals surface area contributed by atoms with Gasteiger partial charge in [-0.1, -0.05) is 13.8 Å². The summed E-state index contributed by atoms with van der Waals surface area (Å²) in [6, 6.07) is -4.13. The predicted octanol–water partition coefficient (Wildman–Crippen LogP) is -1.84. The van der Waals surface area contributed by atoms with Gasteiger partial charge in [-0.2, -0.15) is 0 Å². The lowest BCUT2D eigenvalue weighted by atomic mass is 10.0. The summed E-state index contributed by atoms with van der Waals surface area (Å²) in [7, 11) is 0. The van der Waals surface area contributed by atoms with Crippen molar-refractivity contribution in [2.24, 2.45) is 11.7 Å². The van der Waals surface area contributed by atoms with Crippen LogP contribution in [0.25, 0.3) is 0 Å². The lowest BCUT2D eigenvalue weighted by Crippen LogP contribution is -2.58. The molecule has 8 N–H and O–H groups in total. The average Bonchev–Trinajstić information content (AvgIpc) is 3.45. The van der Waals surface area contributed by atoms with E-state index in [0.717, 1.165) is 6.42 Å². The minimum Gasteiger partial charge on any atom is -0.480 e. The van der Waals surface area contributed by atoms with Gasteiger partial charge in [0, 0.05) is 18.3 Å². The van der Waals surface area contributed by atoms with Crippen molar-refractivity contribution in [1.82, 2.24) is 31.2 Å². The number of carbonyl (C=O) groups is 5. The summed E-state index contributed by atoms with van der Waals surface area (Å²) in [5, 5.41) is 20.0. The molecular weight excluding hydrogens is 446 g/mol. The van der Waals surface area contributed by atoms with Crippen LogP contribution in [-0.2, 0) is 30.4 Å². The van der Waals surface area contributed by atoms with Gasteiger partial charge in [0.25, 0.3) is 0 Å². The maximum atomic E-state index is 13.0. The fourth-order valence-corrected chi connectivity index (χ4v) is 3.65. The number of carboxylic acids is 1. The molecule has 4 amide bonds. The van der Waals surface area contributed by atoms with Crippen LogP contribution in [0.3, 0.4) is 0 Å². The average molecular weight is 480 g/mol. The number of H-pyrrole nitrogens is 1. The molecule has 4 unspecified atom stereocenters. The summed E-state index contributed by atoms with van der Waals surface area (Å²) in [5.74, 6) is -3.97. The Hall–Kier alpha value is -3.48. The van der Waals surface area contributed by atoms with Gasteiger partial charge in [0.15, 0.2) is 0 Å². The van der Waals surface area contributed by atoms with Gasteiger partial charge in [-0.05, 0) is 31.7 Å². The number of carboxylic acid groups (broad SMARTS) is 1. The van der Waals surface area contributed by atoms with Crippen LogP contribution in [0.4, 0.5) is 0 Å². The van der Waals surface area contributed by atoms with Crippen LogP contribution in [0.5, 0.6) is 0 Å². The number of hydrogen-bond donors (Lipinski definition) is 7. The first-order valence-electron chi connectivity index (χ1n) is 11.2. The molecule has 0 saturated carbocycles. The second-order valence-corrected chi connectivity index (χ2v) is 8.75. The summed E-state index contributed by atoms with van der Waals surface area (Å²) >= 11 is 0. The van der Waals surface area contributed by atoms with Gasteiger partial charge in [0.05, 0.1) is 18.8 Å². The number of nitrogens with one attached hydrogen (secondary N) is 5. The number of nitrogens with zero attached hydrogens (tertiary/aromatic N) is 1. The number of carbonyl (C=O) groups excluding carboxylic acids is 4. The molecule has 13 nitrogen and oxygen atoms in total. The highest BCUT2D eigenvalue weighted by Gasteiger charge is 2.32. The first-order chi connectivity index (χ1) is 16.1. The van der Waals surface area contributed by atoms with Crippen molar-refractivity contribution in [1.29, 1.82) is 0 Å². The zero-order valence-electron chi connectivity index (χ0n) is 19.3. The zero-order valence-corrected chi connectivity index (χ0v) is 19.3. The third kappa shape index (κ3) is 8.46. The Morgan fingerprint density at radius 1 is 1.12 bits per heavy atom. The molecule has 188 valence electrons. The Morgan fingerprint density at radius 2 is 1.79 bits per heavy atom. The number of aliphatic carboxylic acids is 1. The summed E-state index contributed by atoms with van der Waals surface area (Å²) in [6.07, 6.45) is 3.97. The molecular formula is C21H33N7O6. The molecule has 2 rings (SSSR count). The van der Waals surface area contributed by atoms with Crippen LogP contribution < -0.4 is 27.0 Å². The fourth-order valence-electron chi connectivity index (χ4n) is 3.65. The number of aromatic nitrogens is 2. The van der Waals surface area contributed by atoms with E-state index in [-0.39, 0.29) is 18.8 Å². The van der Waals surface area contributed by atoms with Crippen molar-refractivity contribution in [2.75, 3.05) is 6.54 Å². The van der Waals surface area contributed by atoms with E-state index < -0.39 is 60.2 Å². The van der Waals surface area contributed by atoms with Gasteiger partial charge in [-0.15, -0.1) is 0 Å². The zero-order chi connectivity index (χ0) is 25.3. The quantitative estimate of drug-likeness (QED) is 0.171. The number of rotatable bonds is 13. The highest BCUT2D eigenvalue weighted by atomic mass is 16.4. The van der Waals surface area contributed by atoms with E-state index in [0.29, 0.717) is 18.7 Å². The van der Waals surface area contributed by atoms with Crippen molar-refractivity contribution in [3.63, 3.8) is 0 Å². The molecule has 0 spiro atoms. The molecule has 1 aliphatic heterocycles. The van der Waals surface area contributed by atoms with Gasteiger partial charge in [0.1, 0.15) is 18.1 Å². The summed E-state index contributed by atoms with van der Waals surface area (Å²) in [6.45, 7) is 4.31. The Labute approximate surface area is 197 Å². The molecule has 4 atom stereocenters. The second-order valence-electron chi connectivity index (χ2n) is 8.75. The lowest BCUT2D eigenvalue weighted by molar-refractivity contribution is -0.143. The molecule has 1 saturated heterocycles. The van der Waals surface area contributed by atoms with Crippen molar-refractivity contribution in [3.05, 3.63) is 18.2 Å².